The van der Waals surface area contributed by atoms with Gasteiger partial charge in [-0.2, -0.15) is 5.10 Å². The molecule has 7 nitrogen and oxygen atoms in total. The number of nitrogens with zero attached hydrogens (tertiary/aromatic N) is 5. The summed E-state index contributed by atoms with van der Waals surface area (Å²) in [6.45, 7) is 3.14. The third kappa shape index (κ3) is 3.57. The number of benzene rings is 1. The Bertz CT molecular complexity index is 825. The van der Waals surface area contributed by atoms with Gasteiger partial charge in [-0.3, -0.25) is 14.8 Å². The Kier molecular flexibility index (Phi) is 4.38. The zero-order chi connectivity index (χ0) is 16.2. The number of nitrogens with one attached hydrogen (secondary N) is 1. The minimum Gasteiger partial charge on any atom is -0.289 e. The Morgan fingerprint density at radius 3 is 2.87 bits per heavy atom. The van der Waals surface area contributed by atoms with Crippen LogP contribution in [0.25, 0.3) is 0 Å². The van der Waals surface area contributed by atoms with Crippen molar-refractivity contribution in [3.05, 3.63) is 59.1 Å². The molecule has 1 N–H and O–H groups in total. The Morgan fingerprint density at radius 2 is 2.13 bits per heavy atom. The SMILES string of the molecule is CCn1cc(C(=O)Nc2ncn(Cc3ccccc3Cl)n2)cn1. The highest BCUT2D eigenvalue weighted by Gasteiger charge is 2.11. The molecule has 2 aromatic heterocycles. The van der Waals surface area contributed by atoms with Gasteiger partial charge in [-0.25, -0.2) is 9.67 Å². The molecule has 118 valence electrons. The van der Waals surface area contributed by atoms with Crippen LogP contribution in [-0.2, 0) is 13.1 Å². The van der Waals surface area contributed by atoms with Crippen molar-refractivity contribution in [1.29, 1.82) is 0 Å². The summed E-state index contributed by atoms with van der Waals surface area (Å²) in [6.07, 6.45) is 4.74. The van der Waals surface area contributed by atoms with Crippen LogP contribution < -0.4 is 5.32 Å². The Morgan fingerprint density at radius 1 is 1.30 bits per heavy atom. The van der Waals surface area contributed by atoms with Crippen molar-refractivity contribution in [2.45, 2.75) is 20.0 Å². The molecule has 0 saturated carbocycles. The van der Waals surface area contributed by atoms with Crippen LogP contribution in [0.2, 0.25) is 5.02 Å². The molecule has 0 radical (unpaired) electrons. The predicted octanol–water partition coefficient (Wildman–Crippen LogP) is 2.45. The molecule has 23 heavy (non-hydrogen) atoms. The zero-order valence-corrected chi connectivity index (χ0v) is 13.2. The first-order chi connectivity index (χ1) is 11.2. The summed E-state index contributed by atoms with van der Waals surface area (Å²) in [5.41, 5.74) is 1.40. The average Bonchev–Trinajstić information content (AvgIpc) is 3.19. The van der Waals surface area contributed by atoms with Crippen LogP contribution >= 0.6 is 11.6 Å². The van der Waals surface area contributed by atoms with Gasteiger partial charge in [-0.1, -0.05) is 29.8 Å². The van der Waals surface area contributed by atoms with Gasteiger partial charge in [-0.05, 0) is 18.6 Å². The van der Waals surface area contributed by atoms with E-state index < -0.39 is 0 Å². The number of carbonyl (C=O) groups is 1. The number of aromatic nitrogens is 5. The van der Waals surface area contributed by atoms with Crippen LogP contribution in [0.4, 0.5) is 5.95 Å². The van der Waals surface area contributed by atoms with Crippen molar-refractivity contribution in [3.63, 3.8) is 0 Å². The van der Waals surface area contributed by atoms with Crippen molar-refractivity contribution in [3.8, 4) is 0 Å². The van der Waals surface area contributed by atoms with Gasteiger partial charge in [0.25, 0.3) is 5.91 Å². The number of amides is 1. The maximum Gasteiger partial charge on any atom is 0.261 e. The maximum absolute atomic E-state index is 12.1. The van der Waals surface area contributed by atoms with E-state index >= 15 is 0 Å². The summed E-state index contributed by atoms with van der Waals surface area (Å²) in [7, 11) is 0. The number of rotatable bonds is 5. The highest BCUT2D eigenvalue weighted by Crippen LogP contribution is 2.16. The lowest BCUT2D eigenvalue weighted by molar-refractivity contribution is 0.102. The van der Waals surface area contributed by atoms with E-state index in [0.717, 1.165) is 5.56 Å². The van der Waals surface area contributed by atoms with Crippen molar-refractivity contribution >= 4 is 23.5 Å². The van der Waals surface area contributed by atoms with E-state index in [4.69, 9.17) is 11.6 Å². The molecule has 0 aliphatic heterocycles. The standard InChI is InChI=1S/C15H15ClN6O/c1-2-21-9-12(7-18-21)14(23)19-15-17-10-22(20-15)8-11-5-3-4-6-13(11)16/h3-7,9-10H,2,8H2,1H3,(H,19,20,23). The first-order valence-corrected chi connectivity index (χ1v) is 7.50. The number of halogens is 1. The fourth-order valence-corrected chi connectivity index (χ4v) is 2.25. The number of anilines is 1. The largest absolute Gasteiger partial charge is 0.289 e. The second-order valence-corrected chi connectivity index (χ2v) is 5.30. The van der Waals surface area contributed by atoms with Crippen molar-refractivity contribution in [2.24, 2.45) is 0 Å². The lowest BCUT2D eigenvalue weighted by Crippen LogP contribution is -2.13. The minimum absolute atomic E-state index is 0.242. The molecule has 3 rings (SSSR count). The van der Waals surface area contributed by atoms with E-state index in [-0.39, 0.29) is 11.9 Å². The number of hydrogen-bond acceptors (Lipinski definition) is 4. The molecule has 0 saturated heterocycles. The average molecular weight is 331 g/mol. The van der Waals surface area contributed by atoms with Crippen LogP contribution in [0.5, 0.6) is 0 Å². The molecule has 0 bridgehead atoms. The second kappa shape index (κ2) is 6.62. The molecule has 8 heteroatoms. The van der Waals surface area contributed by atoms with Gasteiger partial charge in [0.15, 0.2) is 0 Å². The van der Waals surface area contributed by atoms with Gasteiger partial charge in [0, 0.05) is 17.8 Å². The minimum atomic E-state index is -0.291. The van der Waals surface area contributed by atoms with Gasteiger partial charge in [0.2, 0.25) is 5.95 Å². The highest BCUT2D eigenvalue weighted by atomic mass is 35.5. The smallest absolute Gasteiger partial charge is 0.261 e. The summed E-state index contributed by atoms with van der Waals surface area (Å²) in [5, 5.41) is 11.6. The van der Waals surface area contributed by atoms with Gasteiger partial charge < -0.3 is 0 Å². The van der Waals surface area contributed by atoms with E-state index in [0.29, 0.717) is 23.7 Å². The lowest BCUT2D eigenvalue weighted by atomic mass is 10.2. The van der Waals surface area contributed by atoms with Crippen LogP contribution in [0.3, 0.4) is 0 Å². The lowest BCUT2D eigenvalue weighted by Gasteiger charge is -2.03. The molecular weight excluding hydrogens is 316 g/mol. The Labute approximate surface area is 137 Å². The molecular formula is C15H15ClN6O. The molecule has 0 aliphatic carbocycles. The first-order valence-electron chi connectivity index (χ1n) is 7.12. The van der Waals surface area contributed by atoms with Gasteiger partial charge in [0.05, 0.1) is 18.3 Å². The molecule has 0 spiro atoms. The predicted molar refractivity (Wildman–Crippen MR) is 86.4 cm³/mol. The molecule has 1 aromatic carbocycles. The fraction of sp³-hybridized carbons (Fsp3) is 0.200. The zero-order valence-electron chi connectivity index (χ0n) is 12.5. The summed E-state index contributed by atoms with van der Waals surface area (Å²) < 4.78 is 3.30. The quantitative estimate of drug-likeness (QED) is 0.779. The van der Waals surface area contributed by atoms with E-state index in [1.807, 2.05) is 31.2 Å². The summed E-state index contributed by atoms with van der Waals surface area (Å²) in [4.78, 5) is 16.2. The van der Waals surface area contributed by atoms with E-state index in [9.17, 15) is 4.79 Å². The van der Waals surface area contributed by atoms with Crippen LogP contribution in [0, 0.1) is 0 Å². The number of hydrogen-bond donors (Lipinski definition) is 1. The molecule has 2 heterocycles. The summed E-state index contributed by atoms with van der Waals surface area (Å²) >= 11 is 6.12. The molecule has 0 fully saturated rings. The summed E-state index contributed by atoms with van der Waals surface area (Å²) in [6, 6.07) is 7.52. The van der Waals surface area contributed by atoms with Gasteiger partial charge in [0.1, 0.15) is 6.33 Å². The molecule has 0 aliphatic rings. The molecule has 0 unspecified atom stereocenters. The van der Waals surface area contributed by atoms with Gasteiger partial charge in [-0.15, -0.1) is 5.10 Å². The van der Waals surface area contributed by atoms with Crippen molar-refractivity contribution in [2.75, 3.05) is 5.32 Å². The number of aryl methyl sites for hydroxylation is 1. The van der Waals surface area contributed by atoms with Gasteiger partial charge >= 0.3 is 0 Å². The number of carbonyl (C=O) groups excluding carboxylic acids is 1. The monoisotopic (exact) mass is 330 g/mol. The normalized spacial score (nSPS) is 10.7. The van der Waals surface area contributed by atoms with Crippen LogP contribution in [-0.4, -0.2) is 30.5 Å². The van der Waals surface area contributed by atoms with E-state index in [1.165, 1.54) is 6.20 Å². The van der Waals surface area contributed by atoms with Crippen LogP contribution in [0.15, 0.2) is 43.0 Å². The maximum atomic E-state index is 12.1. The van der Waals surface area contributed by atoms with Crippen molar-refractivity contribution < 1.29 is 4.79 Å². The van der Waals surface area contributed by atoms with E-state index in [1.54, 1.807) is 21.9 Å². The molecule has 1 amide bonds. The second-order valence-electron chi connectivity index (χ2n) is 4.90. The third-order valence-electron chi connectivity index (χ3n) is 3.27. The van der Waals surface area contributed by atoms with E-state index in [2.05, 4.69) is 20.5 Å². The first kappa shape index (κ1) is 15.2. The van der Waals surface area contributed by atoms with Crippen molar-refractivity contribution in [1.82, 2.24) is 24.5 Å². The third-order valence-corrected chi connectivity index (χ3v) is 3.64. The van der Waals surface area contributed by atoms with Crippen LogP contribution in [0.1, 0.15) is 22.8 Å². The highest BCUT2D eigenvalue weighted by molar-refractivity contribution is 6.31. The Hall–Kier alpha value is -2.67. The molecule has 3 aromatic rings. The fourth-order valence-electron chi connectivity index (χ4n) is 2.06. The topological polar surface area (TPSA) is 77.6 Å². The Balaban J connectivity index is 1.67. The summed E-state index contributed by atoms with van der Waals surface area (Å²) in [5.74, 6) is -0.0495. The molecule has 0 atom stereocenters.